The maximum atomic E-state index is 10.5. The molecule has 0 aliphatic rings. The quantitative estimate of drug-likeness (QED) is 0.609. The van der Waals surface area contributed by atoms with Gasteiger partial charge in [-0.15, -0.1) is 0 Å². The third kappa shape index (κ3) is 4.25. The molecule has 2 aromatic heterocycles. The molecule has 0 saturated carbocycles. The summed E-state index contributed by atoms with van der Waals surface area (Å²) in [6.07, 6.45) is 2.46. The first-order valence-corrected chi connectivity index (χ1v) is 8.49. The first-order valence-electron chi connectivity index (χ1n) is 8.49. The highest BCUT2D eigenvalue weighted by molar-refractivity contribution is 5.72. The van der Waals surface area contributed by atoms with Crippen molar-refractivity contribution in [2.45, 2.75) is 20.4 Å². The van der Waals surface area contributed by atoms with Crippen LogP contribution >= 0.6 is 0 Å². The summed E-state index contributed by atoms with van der Waals surface area (Å²) in [5.41, 5.74) is 4.40. The fraction of sp³-hybridized carbons (Fsp3) is 0.250. The van der Waals surface area contributed by atoms with Crippen LogP contribution in [0.3, 0.4) is 0 Å². The monoisotopic (exact) mass is 367 g/mol. The summed E-state index contributed by atoms with van der Waals surface area (Å²) in [4.78, 5) is 14.8. The number of ether oxygens (including phenoxy) is 2. The lowest BCUT2D eigenvalue weighted by molar-refractivity contribution is -0.109. The topological polar surface area (TPSA) is 86.5 Å². The van der Waals surface area contributed by atoms with Gasteiger partial charge in [0.2, 0.25) is 5.88 Å². The van der Waals surface area contributed by atoms with Crippen molar-refractivity contribution in [2.24, 2.45) is 0 Å². The Balaban J connectivity index is 1.82. The summed E-state index contributed by atoms with van der Waals surface area (Å²) >= 11 is 0. The molecule has 140 valence electrons. The van der Waals surface area contributed by atoms with E-state index in [0.717, 1.165) is 40.1 Å². The lowest BCUT2D eigenvalue weighted by atomic mass is 10.1. The van der Waals surface area contributed by atoms with Crippen molar-refractivity contribution in [1.29, 1.82) is 0 Å². The Hall–Kier alpha value is -3.35. The number of nitrogens with one attached hydrogen (secondary N) is 1. The molecule has 3 aromatic rings. The first-order chi connectivity index (χ1) is 13.1. The molecule has 0 saturated heterocycles. The highest BCUT2D eigenvalue weighted by Crippen LogP contribution is 2.32. The van der Waals surface area contributed by atoms with E-state index in [2.05, 4.69) is 15.5 Å². The van der Waals surface area contributed by atoms with Gasteiger partial charge in [0.15, 0.2) is 6.29 Å². The predicted octanol–water partition coefficient (Wildman–Crippen LogP) is 3.55. The molecule has 0 aliphatic heterocycles. The van der Waals surface area contributed by atoms with E-state index in [1.807, 2.05) is 44.2 Å². The highest BCUT2D eigenvalue weighted by Gasteiger charge is 2.14. The number of carbonyl (C=O) groups excluding carboxylic acids is 1. The molecule has 1 N–H and O–H groups in total. The minimum absolute atomic E-state index is 0.0358. The number of nitrogens with zero attached hydrogens (tertiary/aromatic N) is 2. The molecule has 0 spiro atoms. The Morgan fingerprint density at radius 3 is 2.81 bits per heavy atom. The first kappa shape index (κ1) is 18.4. The van der Waals surface area contributed by atoms with E-state index in [-0.39, 0.29) is 6.61 Å². The molecule has 0 amide bonds. The summed E-state index contributed by atoms with van der Waals surface area (Å²) < 4.78 is 16.0. The van der Waals surface area contributed by atoms with Crippen LogP contribution in [-0.2, 0) is 11.3 Å². The fourth-order valence-corrected chi connectivity index (χ4v) is 2.85. The Bertz CT molecular complexity index is 917. The average Bonchev–Trinajstić information content (AvgIpc) is 3.03. The molecule has 0 unspecified atom stereocenters. The third-order valence-electron chi connectivity index (χ3n) is 4.07. The van der Waals surface area contributed by atoms with E-state index in [1.165, 1.54) is 0 Å². The number of benzene rings is 1. The molecular weight excluding hydrogens is 346 g/mol. The Kier molecular flexibility index (Phi) is 5.71. The lowest BCUT2D eigenvalue weighted by Gasteiger charge is -2.13. The number of pyridine rings is 1. The number of anilines is 1. The van der Waals surface area contributed by atoms with Crippen LogP contribution in [0, 0.1) is 13.8 Å². The largest absolute Gasteiger partial charge is 0.486 e. The predicted molar refractivity (Wildman–Crippen MR) is 101 cm³/mol. The van der Waals surface area contributed by atoms with E-state index in [9.17, 15) is 4.79 Å². The molecule has 7 heteroatoms. The smallest absolute Gasteiger partial charge is 0.237 e. The van der Waals surface area contributed by atoms with Crippen LogP contribution in [0.1, 0.15) is 17.0 Å². The van der Waals surface area contributed by atoms with Crippen LogP contribution < -0.4 is 14.8 Å². The minimum atomic E-state index is 0.0358. The lowest BCUT2D eigenvalue weighted by Crippen LogP contribution is -2.04. The van der Waals surface area contributed by atoms with Gasteiger partial charge in [-0.25, -0.2) is 4.98 Å². The Morgan fingerprint density at radius 2 is 2.11 bits per heavy atom. The molecule has 0 bridgehead atoms. The summed E-state index contributed by atoms with van der Waals surface area (Å²) in [5, 5.41) is 7.34. The fourth-order valence-electron chi connectivity index (χ4n) is 2.85. The highest BCUT2D eigenvalue weighted by atomic mass is 16.5. The van der Waals surface area contributed by atoms with Crippen molar-refractivity contribution in [1.82, 2.24) is 10.1 Å². The van der Waals surface area contributed by atoms with Crippen LogP contribution in [-0.4, -0.2) is 30.1 Å². The standard InChI is InChI=1S/C20H21N3O4/c1-13-19(14(2)27-23-13)16-10-18(20(25-3)22-12-16)21-11-15-5-4-6-17(9-15)26-8-7-24/h4-7,9-10,12,21H,8,11H2,1-3H3. The van der Waals surface area contributed by atoms with Gasteiger partial charge in [0, 0.05) is 23.9 Å². The minimum Gasteiger partial charge on any atom is -0.486 e. The van der Waals surface area contributed by atoms with Gasteiger partial charge in [-0.1, -0.05) is 17.3 Å². The van der Waals surface area contributed by atoms with E-state index in [0.29, 0.717) is 18.2 Å². The molecule has 0 fully saturated rings. The Labute approximate surface area is 157 Å². The zero-order valence-electron chi connectivity index (χ0n) is 15.5. The van der Waals surface area contributed by atoms with Crippen LogP contribution in [0.5, 0.6) is 11.6 Å². The number of rotatable bonds is 8. The van der Waals surface area contributed by atoms with E-state index < -0.39 is 0 Å². The number of aldehydes is 1. The van der Waals surface area contributed by atoms with Crippen molar-refractivity contribution in [2.75, 3.05) is 19.0 Å². The molecule has 3 rings (SSSR count). The van der Waals surface area contributed by atoms with Crippen LogP contribution in [0.4, 0.5) is 5.69 Å². The van der Waals surface area contributed by atoms with Gasteiger partial charge < -0.3 is 19.3 Å². The normalized spacial score (nSPS) is 10.5. The van der Waals surface area contributed by atoms with Crippen LogP contribution in [0.2, 0.25) is 0 Å². The molecule has 0 aliphatic carbocycles. The maximum absolute atomic E-state index is 10.5. The number of hydrogen-bond acceptors (Lipinski definition) is 7. The number of aryl methyl sites for hydroxylation is 2. The second-order valence-electron chi connectivity index (χ2n) is 5.96. The zero-order valence-corrected chi connectivity index (χ0v) is 15.5. The third-order valence-corrected chi connectivity index (χ3v) is 4.07. The number of aromatic nitrogens is 2. The summed E-state index contributed by atoms with van der Waals surface area (Å²) in [6.45, 7) is 4.35. The van der Waals surface area contributed by atoms with E-state index in [1.54, 1.807) is 13.3 Å². The number of methoxy groups -OCH3 is 1. The van der Waals surface area contributed by atoms with Crippen molar-refractivity contribution in [3.8, 4) is 22.8 Å². The van der Waals surface area contributed by atoms with Crippen molar-refractivity contribution in [3.05, 3.63) is 53.5 Å². The van der Waals surface area contributed by atoms with E-state index >= 15 is 0 Å². The summed E-state index contributed by atoms with van der Waals surface area (Å²) in [6, 6.07) is 9.51. The van der Waals surface area contributed by atoms with Crippen molar-refractivity contribution < 1.29 is 18.8 Å². The summed E-state index contributed by atoms with van der Waals surface area (Å²) in [5.74, 6) is 1.89. The molecule has 27 heavy (non-hydrogen) atoms. The van der Waals surface area contributed by atoms with Gasteiger partial charge in [-0.3, -0.25) is 4.79 Å². The molecule has 0 atom stereocenters. The second-order valence-corrected chi connectivity index (χ2v) is 5.96. The number of carbonyl (C=O) groups is 1. The second kappa shape index (κ2) is 8.35. The Morgan fingerprint density at radius 1 is 1.26 bits per heavy atom. The maximum Gasteiger partial charge on any atom is 0.237 e. The van der Waals surface area contributed by atoms with Crippen molar-refractivity contribution >= 4 is 12.0 Å². The van der Waals surface area contributed by atoms with Crippen LogP contribution in [0.15, 0.2) is 41.1 Å². The number of hydrogen-bond donors (Lipinski definition) is 1. The van der Waals surface area contributed by atoms with Gasteiger partial charge in [0.05, 0.1) is 18.5 Å². The van der Waals surface area contributed by atoms with Gasteiger partial charge in [-0.2, -0.15) is 0 Å². The SMILES string of the molecule is COc1ncc(-c2c(C)noc2C)cc1NCc1cccc(OCC=O)c1. The zero-order chi connectivity index (χ0) is 19.2. The summed E-state index contributed by atoms with van der Waals surface area (Å²) in [7, 11) is 1.58. The average molecular weight is 367 g/mol. The molecule has 7 nitrogen and oxygen atoms in total. The van der Waals surface area contributed by atoms with Gasteiger partial charge >= 0.3 is 0 Å². The molecule has 1 aromatic carbocycles. The van der Waals surface area contributed by atoms with Crippen molar-refractivity contribution in [3.63, 3.8) is 0 Å². The van der Waals surface area contributed by atoms with Gasteiger partial charge in [0.25, 0.3) is 0 Å². The van der Waals surface area contributed by atoms with Gasteiger partial charge in [0.1, 0.15) is 18.1 Å². The van der Waals surface area contributed by atoms with Gasteiger partial charge in [-0.05, 0) is 37.6 Å². The van der Waals surface area contributed by atoms with Crippen LogP contribution in [0.25, 0.3) is 11.1 Å². The molecule has 0 radical (unpaired) electrons. The van der Waals surface area contributed by atoms with E-state index in [4.69, 9.17) is 14.0 Å². The molecular formula is C20H21N3O4. The molecule has 2 heterocycles.